The van der Waals surface area contributed by atoms with Crippen molar-refractivity contribution < 1.29 is 9.53 Å². The highest BCUT2D eigenvalue weighted by atomic mass is 16.6. The monoisotopic (exact) mass is 269 g/mol. The van der Waals surface area contributed by atoms with E-state index in [0.29, 0.717) is 5.75 Å². The van der Waals surface area contributed by atoms with Gasteiger partial charge in [0.2, 0.25) is 0 Å². The van der Waals surface area contributed by atoms with Crippen LogP contribution in [0.25, 0.3) is 0 Å². The molecule has 3 heteroatoms. The number of aryl methyl sites for hydroxylation is 2. The van der Waals surface area contributed by atoms with Crippen molar-refractivity contribution in [3.63, 3.8) is 0 Å². The van der Waals surface area contributed by atoms with E-state index in [1.165, 1.54) is 11.1 Å². The first-order chi connectivity index (χ1) is 9.49. The summed E-state index contributed by atoms with van der Waals surface area (Å²) in [5.41, 5.74) is 5.35. The Hall–Kier alpha value is -2.29. The lowest BCUT2D eigenvalue weighted by Crippen LogP contribution is -2.18. The number of nitrogens with one attached hydrogen (secondary N) is 1. The average molecular weight is 269 g/mol. The first-order valence-corrected chi connectivity index (χ1v) is 6.60. The number of carbonyl (C=O) groups is 1. The molecule has 1 N–H and O–H groups in total. The number of hydrogen-bond donors (Lipinski definition) is 1. The summed E-state index contributed by atoms with van der Waals surface area (Å²) in [6.45, 7) is 8.12. The Labute approximate surface area is 119 Å². The molecule has 0 aromatic heterocycles. The number of amides is 1. The molecule has 3 nitrogen and oxygen atoms in total. The van der Waals surface area contributed by atoms with E-state index in [0.717, 1.165) is 16.8 Å². The van der Waals surface area contributed by atoms with Crippen LogP contribution in [0.3, 0.4) is 0 Å². The molecule has 2 rings (SSSR count). The van der Waals surface area contributed by atoms with Crippen LogP contribution < -0.4 is 10.1 Å². The summed E-state index contributed by atoms with van der Waals surface area (Å²) in [7, 11) is 0. The Balaban J connectivity index is 2.18. The second-order valence-corrected chi connectivity index (χ2v) is 4.96. The molecule has 104 valence electrons. The quantitative estimate of drug-likeness (QED) is 0.869. The summed E-state index contributed by atoms with van der Waals surface area (Å²) in [5, 5.41) is 2.83. The highest BCUT2D eigenvalue weighted by Gasteiger charge is 2.12. The van der Waals surface area contributed by atoms with Crippen molar-refractivity contribution in [3.05, 3.63) is 58.7 Å². The van der Waals surface area contributed by atoms with Crippen LogP contribution in [0.15, 0.2) is 36.4 Å². The van der Waals surface area contributed by atoms with Crippen molar-refractivity contribution >= 4 is 11.8 Å². The molecule has 0 radical (unpaired) electrons. The Morgan fingerprint density at radius 3 is 2.25 bits per heavy atom. The van der Waals surface area contributed by atoms with E-state index in [9.17, 15) is 4.79 Å². The lowest BCUT2D eigenvalue weighted by Gasteiger charge is -2.15. The van der Waals surface area contributed by atoms with Gasteiger partial charge < -0.3 is 4.74 Å². The van der Waals surface area contributed by atoms with E-state index in [1.807, 2.05) is 32.0 Å². The number of rotatable bonds is 2. The van der Waals surface area contributed by atoms with Gasteiger partial charge in [0.1, 0.15) is 5.75 Å². The minimum absolute atomic E-state index is 0.467. The van der Waals surface area contributed by atoms with Gasteiger partial charge in [0.15, 0.2) is 0 Å². The molecule has 0 aliphatic heterocycles. The van der Waals surface area contributed by atoms with Crippen LogP contribution >= 0.6 is 0 Å². The molecule has 0 unspecified atom stereocenters. The van der Waals surface area contributed by atoms with Crippen molar-refractivity contribution in [2.75, 3.05) is 5.32 Å². The third-order valence-electron chi connectivity index (χ3n) is 3.54. The maximum atomic E-state index is 11.9. The maximum Gasteiger partial charge on any atom is 0.417 e. The van der Waals surface area contributed by atoms with Crippen molar-refractivity contribution in [3.8, 4) is 5.75 Å². The SMILES string of the molecule is Cc1cc(C)c(NC(=O)Oc2ccccc2)c(C)c1C. The highest BCUT2D eigenvalue weighted by molar-refractivity contribution is 5.88. The Morgan fingerprint density at radius 2 is 1.60 bits per heavy atom. The summed E-state index contributed by atoms with van der Waals surface area (Å²) in [5.74, 6) is 0.532. The topological polar surface area (TPSA) is 38.3 Å². The van der Waals surface area contributed by atoms with E-state index in [4.69, 9.17) is 4.74 Å². The molecule has 0 spiro atoms. The number of hydrogen-bond acceptors (Lipinski definition) is 2. The second kappa shape index (κ2) is 5.78. The molecule has 0 fully saturated rings. The summed E-state index contributed by atoms with van der Waals surface area (Å²) < 4.78 is 5.25. The van der Waals surface area contributed by atoms with Gasteiger partial charge in [-0.1, -0.05) is 24.3 Å². The highest BCUT2D eigenvalue weighted by Crippen LogP contribution is 2.26. The van der Waals surface area contributed by atoms with E-state index in [2.05, 4.69) is 25.2 Å². The first-order valence-electron chi connectivity index (χ1n) is 6.60. The van der Waals surface area contributed by atoms with Gasteiger partial charge in [-0.15, -0.1) is 0 Å². The minimum atomic E-state index is -0.467. The fraction of sp³-hybridized carbons (Fsp3) is 0.235. The lowest BCUT2D eigenvalue weighted by molar-refractivity contribution is 0.215. The van der Waals surface area contributed by atoms with Crippen LogP contribution in [0.1, 0.15) is 22.3 Å². The predicted molar refractivity (Wildman–Crippen MR) is 81.5 cm³/mol. The zero-order chi connectivity index (χ0) is 14.7. The third-order valence-corrected chi connectivity index (χ3v) is 3.54. The minimum Gasteiger partial charge on any atom is -0.410 e. The second-order valence-electron chi connectivity index (χ2n) is 4.96. The maximum absolute atomic E-state index is 11.9. The van der Waals surface area contributed by atoms with Crippen LogP contribution in [-0.4, -0.2) is 6.09 Å². The predicted octanol–water partition coefficient (Wildman–Crippen LogP) is 4.53. The van der Waals surface area contributed by atoms with Crippen molar-refractivity contribution in [1.82, 2.24) is 0 Å². The van der Waals surface area contributed by atoms with Gasteiger partial charge >= 0.3 is 6.09 Å². The van der Waals surface area contributed by atoms with Crippen molar-refractivity contribution in [2.45, 2.75) is 27.7 Å². The zero-order valence-electron chi connectivity index (χ0n) is 12.3. The number of ether oxygens (including phenoxy) is 1. The molecular weight excluding hydrogens is 250 g/mol. The largest absolute Gasteiger partial charge is 0.417 e. The zero-order valence-corrected chi connectivity index (χ0v) is 12.3. The summed E-state index contributed by atoms with van der Waals surface area (Å²) in [6, 6.07) is 11.1. The summed E-state index contributed by atoms with van der Waals surface area (Å²) >= 11 is 0. The lowest BCUT2D eigenvalue weighted by atomic mass is 9.98. The van der Waals surface area contributed by atoms with Crippen molar-refractivity contribution in [1.29, 1.82) is 0 Å². The van der Waals surface area contributed by atoms with Gasteiger partial charge in [-0.3, -0.25) is 5.32 Å². The summed E-state index contributed by atoms with van der Waals surface area (Å²) in [4.78, 5) is 11.9. The molecule has 0 aliphatic rings. The van der Waals surface area contributed by atoms with Crippen LogP contribution in [0.2, 0.25) is 0 Å². The van der Waals surface area contributed by atoms with Gasteiger partial charge in [0, 0.05) is 0 Å². The van der Waals surface area contributed by atoms with Crippen LogP contribution in [0.5, 0.6) is 5.75 Å². The normalized spacial score (nSPS) is 10.2. The van der Waals surface area contributed by atoms with Crippen molar-refractivity contribution in [2.24, 2.45) is 0 Å². The Kier molecular flexibility index (Phi) is 4.08. The van der Waals surface area contributed by atoms with E-state index in [-0.39, 0.29) is 0 Å². The molecule has 0 bridgehead atoms. The molecule has 20 heavy (non-hydrogen) atoms. The van der Waals surface area contributed by atoms with E-state index < -0.39 is 6.09 Å². The van der Waals surface area contributed by atoms with E-state index in [1.54, 1.807) is 12.1 Å². The standard InChI is InChI=1S/C17H19NO2/c1-11-10-12(2)16(14(4)13(11)3)18-17(19)20-15-8-6-5-7-9-15/h5-10H,1-4H3,(H,18,19). The molecular formula is C17H19NO2. The molecule has 0 aliphatic carbocycles. The average Bonchev–Trinajstić information content (AvgIpc) is 2.42. The van der Waals surface area contributed by atoms with E-state index >= 15 is 0 Å². The fourth-order valence-electron chi connectivity index (χ4n) is 2.20. The molecule has 0 atom stereocenters. The van der Waals surface area contributed by atoms with Gasteiger partial charge in [-0.25, -0.2) is 4.79 Å². The molecule has 0 saturated carbocycles. The molecule has 2 aromatic rings. The van der Waals surface area contributed by atoms with Crippen LogP contribution in [-0.2, 0) is 0 Å². The molecule has 1 amide bonds. The first kappa shape index (κ1) is 14.1. The van der Waals surface area contributed by atoms with Gasteiger partial charge in [-0.2, -0.15) is 0 Å². The van der Waals surface area contributed by atoms with Crippen LogP contribution in [0, 0.1) is 27.7 Å². The molecule has 2 aromatic carbocycles. The molecule has 0 heterocycles. The van der Waals surface area contributed by atoms with Gasteiger partial charge in [0.05, 0.1) is 5.69 Å². The third kappa shape index (κ3) is 2.99. The fourth-order valence-corrected chi connectivity index (χ4v) is 2.20. The van der Waals surface area contributed by atoms with Gasteiger partial charge in [-0.05, 0) is 62.1 Å². The van der Waals surface area contributed by atoms with Crippen LogP contribution in [0.4, 0.5) is 10.5 Å². The Morgan fingerprint density at radius 1 is 0.950 bits per heavy atom. The number of para-hydroxylation sites is 1. The number of carbonyl (C=O) groups excluding carboxylic acids is 1. The Bertz CT molecular complexity index is 633. The summed E-state index contributed by atoms with van der Waals surface area (Å²) in [6.07, 6.45) is -0.467. The number of benzene rings is 2. The molecule has 0 saturated heterocycles. The smallest absolute Gasteiger partial charge is 0.410 e. The van der Waals surface area contributed by atoms with Gasteiger partial charge in [0.25, 0.3) is 0 Å². The number of anilines is 1.